The molecule has 6 rings (SSSR count). The minimum Gasteiger partial charge on any atom is -0.378 e. The summed E-state index contributed by atoms with van der Waals surface area (Å²) in [6.45, 7) is 3.97. The van der Waals surface area contributed by atoms with Crippen LogP contribution in [0.15, 0.2) is 48.8 Å². The number of anilines is 1. The maximum atomic E-state index is 12.7. The Balaban J connectivity index is 1.37. The van der Waals surface area contributed by atoms with E-state index in [1.54, 1.807) is 6.20 Å². The number of carbonyl (C=O) groups excluding carboxylic acids is 2. The standard InChI is InChI=1S/C27H26N6O3S/c1-17(34)29-27-30-22-9-8-21-24(19-3-2-10-28-16-19)31-33(25(21)26(22)37-27)20-6-4-18(5-7-20)15-23(35)32-11-13-36-14-12-32/h2-7,10,16H,8-9,11-15H2,1H3,(H,29,30,34). The first-order valence-corrected chi connectivity index (χ1v) is 13.1. The number of benzene rings is 1. The number of carbonyl (C=O) groups is 2. The fraction of sp³-hybridized carbons (Fsp3) is 0.296. The van der Waals surface area contributed by atoms with Gasteiger partial charge in [-0.15, -0.1) is 0 Å². The number of amides is 2. The number of thiazole rings is 1. The molecule has 0 saturated carbocycles. The van der Waals surface area contributed by atoms with Gasteiger partial charge in [0.05, 0.1) is 47.3 Å². The first kappa shape index (κ1) is 23.5. The van der Waals surface area contributed by atoms with Crippen molar-refractivity contribution in [3.63, 3.8) is 0 Å². The number of fused-ring (bicyclic) bond motifs is 3. The van der Waals surface area contributed by atoms with Crippen LogP contribution in [0.5, 0.6) is 0 Å². The van der Waals surface area contributed by atoms with Crippen molar-refractivity contribution in [2.24, 2.45) is 0 Å². The lowest BCUT2D eigenvalue weighted by Gasteiger charge is -2.26. The minimum atomic E-state index is -0.141. The molecule has 2 aliphatic rings. The number of rotatable bonds is 5. The Morgan fingerprint density at radius 1 is 1.11 bits per heavy atom. The molecular weight excluding hydrogens is 488 g/mol. The summed E-state index contributed by atoms with van der Waals surface area (Å²) in [6.07, 6.45) is 5.52. The van der Waals surface area contributed by atoms with E-state index in [9.17, 15) is 9.59 Å². The van der Waals surface area contributed by atoms with Gasteiger partial charge in [0.25, 0.3) is 0 Å². The number of nitrogens with one attached hydrogen (secondary N) is 1. The van der Waals surface area contributed by atoms with E-state index in [0.717, 1.165) is 57.2 Å². The van der Waals surface area contributed by atoms with E-state index in [0.29, 0.717) is 37.9 Å². The molecule has 4 aromatic rings. The van der Waals surface area contributed by atoms with E-state index in [2.05, 4.69) is 15.3 Å². The molecule has 1 aromatic carbocycles. The van der Waals surface area contributed by atoms with Crippen LogP contribution in [-0.2, 0) is 33.6 Å². The topological polar surface area (TPSA) is 102 Å². The SMILES string of the molecule is CC(=O)Nc1nc2c(s1)-c1c(c(-c3cccnc3)nn1-c1ccc(CC(=O)N3CCOCC3)cc1)CC2. The van der Waals surface area contributed by atoms with Crippen molar-refractivity contribution in [3.05, 3.63) is 65.6 Å². The lowest BCUT2D eigenvalue weighted by atomic mass is 9.95. The van der Waals surface area contributed by atoms with Crippen molar-refractivity contribution in [2.45, 2.75) is 26.2 Å². The normalized spacial score (nSPS) is 14.7. The summed E-state index contributed by atoms with van der Waals surface area (Å²) in [6, 6.07) is 11.9. The first-order valence-electron chi connectivity index (χ1n) is 12.3. The zero-order valence-corrected chi connectivity index (χ0v) is 21.3. The summed E-state index contributed by atoms with van der Waals surface area (Å²) in [4.78, 5) is 36.2. The van der Waals surface area contributed by atoms with Crippen LogP contribution >= 0.6 is 11.3 Å². The van der Waals surface area contributed by atoms with E-state index in [-0.39, 0.29) is 11.8 Å². The number of ether oxygens (including phenoxy) is 1. The third-order valence-electron chi connectivity index (χ3n) is 6.63. The molecule has 3 aromatic heterocycles. The van der Waals surface area contributed by atoms with Gasteiger partial charge in [-0.05, 0) is 42.7 Å². The smallest absolute Gasteiger partial charge is 0.227 e. The van der Waals surface area contributed by atoms with Crippen LogP contribution in [0.25, 0.3) is 27.5 Å². The van der Waals surface area contributed by atoms with Crippen molar-refractivity contribution < 1.29 is 14.3 Å². The van der Waals surface area contributed by atoms with E-state index >= 15 is 0 Å². The summed E-state index contributed by atoms with van der Waals surface area (Å²) >= 11 is 1.47. The number of morpholine rings is 1. The van der Waals surface area contributed by atoms with Crippen LogP contribution in [0.3, 0.4) is 0 Å². The van der Waals surface area contributed by atoms with E-state index in [4.69, 9.17) is 9.84 Å². The van der Waals surface area contributed by atoms with Gasteiger partial charge in [-0.1, -0.05) is 23.5 Å². The van der Waals surface area contributed by atoms with Crippen LogP contribution in [0.1, 0.15) is 23.7 Å². The van der Waals surface area contributed by atoms with Crippen molar-refractivity contribution >= 4 is 28.3 Å². The molecule has 1 saturated heterocycles. The summed E-state index contributed by atoms with van der Waals surface area (Å²) < 4.78 is 7.32. The summed E-state index contributed by atoms with van der Waals surface area (Å²) in [7, 11) is 0. The average molecular weight is 515 g/mol. The van der Waals surface area contributed by atoms with Crippen molar-refractivity contribution in [2.75, 3.05) is 31.6 Å². The van der Waals surface area contributed by atoms with Crippen LogP contribution in [0.4, 0.5) is 5.13 Å². The molecule has 0 bridgehead atoms. The molecule has 0 radical (unpaired) electrons. The largest absolute Gasteiger partial charge is 0.378 e. The lowest BCUT2D eigenvalue weighted by Crippen LogP contribution is -2.41. The highest BCUT2D eigenvalue weighted by molar-refractivity contribution is 7.19. The summed E-state index contributed by atoms with van der Waals surface area (Å²) in [5.41, 5.74) is 6.82. The van der Waals surface area contributed by atoms with Gasteiger partial charge in [0, 0.05) is 43.5 Å². The van der Waals surface area contributed by atoms with Crippen molar-refractivity contribution in [1.29, 1.82) is 0 Å². The molecule has 1 aliphatic heterocycles. The Morgan fingerprint density at radius 3 is 2.65 bits per heavy atom. The second kappa shape index (κ2) is 9.87. The van der Waals surface area contributed by atoms with Crippen LogP contribution < -0.4 is 5.32 Å². The van der Waals surface area contributed by atoms with Gasteiger partial charge < -0.3 is 15.0 Å². The fourth-order valence-electron chi connectivity index (χ4n) is 4.85. The first-order chi connectivity index (χ1) is 18.1. The molecule has 1 N–H and O–H groups in total. The van der Waals surface area contributed by atoms with Crippen molar-refractivity contribution in [3.8, 4) is 27.5 Å². The highest BCUT2D eigenvalue weighted by Crippen LogP contribution is 2.44. The van der Waals surface area contributed by atoms with Gasteiger partial charge >= 0.3 is 0 Å². The fourth-order valence-corrected chi connectivity index (χ4v) is 5.97. The van der Waals surface area contributed by atoms with E-state index in [1.165, 1.54) is 18.3 Å². The molecule has 188 valence electrons. The molecule has 1 aliphatic carbocycles. The highest BCUT2D eigenvalue weighted by atomic mass is 32.1. The summed E-state index contributed by atoms with van der Waals surface area (Å²) in [5, 5.41) is 8.47. The number of aromatic nitrogens is 4. The molecule has 0 spiro atoms. The predicted octanol–water partition coefficient (Wildman–Crippen LogP) is 3.52. The quantitative estimate of drug-likeness (QED) is 0.437. The Labute approximate surface area is 218 Å². The average Bonchev–Trinajstić information content (AvgIpc) is 3.51. The lowest BCUT2D eigenvalue weighted by molar-refractivity contribution is -0.134. The number of nitrogens with zero attached hydrogens (tertiary/aromatic N) is 5. The van der Waals surface area contributed by atoms with Crippen LogP contribution in [-0.4, -0.2) is 62.8 Å². The van der Waals surface area contributed by atoms with Gasteiger partial charge in [-0.3, -0.25) is 14.6 Å². The number of pyridine rings is 1. The number of hydrogen-bond donors (Lipinski definition) is 1. The minimum absolute atomic E-state index is 0.117. The van der Waals surface area contributed by atoms with Gasteiger partial charge in [-0.2, -0.15) is 5.10 Å². The van der Waals surface area contributed by atoms with Crippen LogP contribution in [0.2, 0.25) is 0 Å². The molecule has 0 unspecified atom stereocenters. The van der Waals surface area contributed by atoms with E-state index in [1.807, 2.05) is 52.2 Å². The van der Waals surface area contributed by atoms with Gasteiger partial charge in [0.1, 0.15) is 0 Å². The summed E-state index contributed by atoms with van der Waals surface area (Å²) in [5.74, 6) is -0.0238. The maximum absolute atomic E-state index is 12.7. The molecular formula is C27H26N6O3S. The Morgan fingerprint density at radius 2 is 1.92 bits per heavy atom. The predicted molar refractivity (Wildman–Crippen MR) is 141 cm³/mol. The Kier molecular flexibility index (Phi) is 6.27. The molecule has 37 heavy (non-hydrogen) atoms. The molecule has 0 atom stereocenters. The molecule has 1 fully saturated rings. The number of aryl methyl sites for hydroxylation is 1. The molecule has 4 heterocycles. The second-order valence-electron chi connectivity index (χ2n) is 9.14. The maximum Gasteiger partial charge on any atom is 0.227 e. The molecule has 9 nitrogen and oxygen atoms in total. The Hall–Kier alpha value is -3.89. The van der Waals surface area contributed by atoms with Gasteiger partial charge in [0.15, 0.2) is 5.13 Å². The third-order valence-corrected chi connectivity index (χ3v) is 7.65. The molecule has 2 amide bonds. The second-order valence-corrected chi connectivity index (χ2v) is 10.1. The van der Waals surface area contributed by atoms with Gasteiger partial charge in [0.2, 0.25) is 11.8 Å². The Bertz CT molecular complexity index is 1460. The highest BCUT2D eigenvalue weighted by Gasteiger charge is 2.30. The molecule has 10 heteroatoms. The van der Waals surface area contributed by atoms with Gasteiger partial charge in [-0.25, -0.2) is 9.67 Å². The van der Waals surface area contributed by atoms with Crippen LogP contribution in [0, 0.1) is 0 Å². The van der Waals surface area contributed by atoms with Crippen molar-refractivity contribution in [1.82, 2.24) is 24.6 Å². The number of hydrogen-bond acceptors (Lipinski definition) is 7. The zero-order chi connectivity index (χ0) is 25.4. The third kappa shape index (κ3) is 4.65. The van der Waals surface area contributed by atoms with E-state index < -0.39 is 0 Å². The monoisotopic (exact) mass is 514 g/mol. The zero-order valence-electron chi connectivity index (χ0n) is 20.4.